The number of nitrogens with one attached hydrogen (secondary N) is 2. The second-order valence-electron chi connectivity index (χ2n) is 4.71. The van der Waals surface area contributed by atoms with Gasteiger partial charge >= 0.3 is 0 Å². The van der Waals surface area contributed by atoms with E-state index in [1.54, 1.807) is 6.92 Å². The highest BCUT2D eigenvalue weighted by molar-refractivity contribution is 6.33. The first kappa shape index (κ1) is 13.7. The Morgan fingerprint density at radius 1 is 1.47 bits per heavy atom. The van der Waals surface area contributed by atoms with E-state index >= 15 is 0 Å². The zero-order valence-corrected chi connectivity index (χ0v) is 11.2. The summed E-state index contributed by atoms with van der Waals surface area (Å²) in [5, 5.41) is 5.34. The van der Waals surface area contributed by atoms with Gasteiger partial charge in [0.2, 0.25) is 5.91 Å². The molecule has 1 aliphatic carbocycles. The van der Waals surface area contributed by atoms with Crippen LogP contribution in [0, 0.1) is 5.82 Å². The van der Waals surface area contributed by atoms with Crippen LogP contribution in [0.3, 0.4) is 0 Å². The van der Waals surface area contributed by atoms with Crippen LogP contribution in [0.4, 0.5) is 21.5 Å². The third-order valence-corrected chi connectivity index (χ3v) is 3.33. The number of benzene rings is 1. The Kier molecular flexibility index (Phi) is 3.71. The van der Waals surface area contributed by atoms with Crippen LogP contribution in [-0.4, -0.2) is 18.0 Å². The van der Waals surface area contributed by atoms with Crippen LogP contribution in [0.5, 0.6) is 0 Å². The molecular formula is C12H16ClFN4O. The first-order valence-corrected chi connectivity index (χ1v) is 6.37. The summed E-state index contributed by atoms with van der Waals surface area (Å²) in [6.45, 7) is 1.63. The van der Waals surface area contributed by atoms with Crippen molar-refractivity contribution in [3.63, 3.8) is 0 Å². The van der Waals surface area contributed by atoms with Crippen molar-refractivity contribution < 1.29 is 9.18 Å². The van der Waals surface area contributed by atoms with Crippen LogP contribution in [0.25, 0.3) is 0 Å². The molecule has 6 N–H and O–H groups in total. The summed E-state index contributed by atoms with van der Waals surface area (Å²) >= 11 is 5.72. The monoisotopic (exact) mass is 286 g/mol. The van der Waals surface area contributed by atoms with Gasteiger partial charge in [-0.05, 0) is 25.8 Å². The molecule has 1 atom stereocenters. The minimum atomic E-state index is -0.745. The molecule has 1 aromatic rings. The van der Waals surface area contributed by atoms with Gasteiger partial charge in [0.25, 0.3) is 0 Å². The highest BCUT2D eigenvalue weighted by atomic mass is 35.5. The van der Waals surface area contributed by atoms with E-state index in [1.165, 1.54) is 6.07 Å². The number of hydrogen-bond acceptors (Lipinski definition) is 4. The van der Waals surface area contributed by atoms with Crippen molar-refractivity contribution >= 4 is 34.6 Å². The number of rotatable bonds is 4. The maximum atomic E-state index is 13.9. The second-order valence-corrected chi connectivity index (χ2v) is 5.08. The van der Waals surface area contributed by atoms with Crippen LogP contribution >= 0.6 is 11.6 Å². The van der Waals surface area contributed by atoms with Crippen molar-refractivity contribution in [2.75, 3.05) is 16.8 Å². The van der Waals surface area contributed by atoms with E-state index in [2.05, 4.69) is 10.6 Å². The first-order chi connectivity index (χ1) is 8.90. The molecule has 0 bridgehead atoms. The van der Waals surface area contributed by atoms with Crippen LogP contribution in [-0.2, 0) is 4.79 Å². The average Bonchev–Trinajstić information content (AvgIpc) is 3.15. The third kappa shape index (κ3) is 3.01. The first-order valence-electron chi connectivity index (χ1n) is 6.00. The lowest BCUT2D eigenvalue weighted by atomic mass is 10.2. The van der Waals surface area contributed by atoms with Crippen molar-refractivity contribution in [1.82, 2.24) is 5.32 Å². The van der Waals surface area contributed by atoms with Crippen molar-refractivity contribution in [2.45, 2.75) is 31.8 Å². The molecule has 1 amide bonds. The molecule has 2 rings (SSSR count). The molecule has 0 spiro atoms. The summed E-state index contributed by atoms with van der Waals surface area (Å²) in [5.41, 5.74) is 11.4. The van der Waals surface area contributed by atoms with Gasteiger partial charge in [0.1, 0.15) is 11.1 Å². The molecule has 7 heteroatoms. The number of halogens is 2. The number of nitrogens with two attached hydrogens (primary N) is 2. The Morgan fingerprint density at radius 2 is 2.11 bits per heavy atom. The van der Waals surface area contributed by atoms with E-state index in [4.69, 9.17) is 23.1 Å². The second kappa shape index (κ2) is 5.13. The van der Waals surface area contributed by atoms with Gasteiger partial charge in [0, 0.05) is 6.04 Å². The largest absolute Gasteiger partial charge is 0.397 e. The summed E-state index contributed by atoms with van der Waals surface area (Å²) in [4.78, 5) is 11.8. The Balaban J connectivity index is 2.13. The van der Waals surface area contributed by atoms with Gasteiger partial charge in [-0.1, -0.05) is 11.6 Å². The summed E-state index contributed by atoms with van der Waals surface area (Å²) in [5.74, 6) is -0.945. The number of anilines is 3. The van der Waals surface area contributed by atoms with Gasteiger partial charge in [0.15, 0.2) is 5.82 Å². The molecule has 104 valence electrons. The standard InChI is InChI=1S/C12H16ClFN4O/c1-5(12(19)18-6-2-3-6)17-11-8(16)4-7(15)9(13)10(11)14/h4-6,17H,2-3,15-16H2,1H3,(H,18,19). The number of carbonyl (C=O) groups excluding carboxylic acids is 1. The normalized spacial score (nSPS) is 15.9. The van der Waals surface area contributed by atoms with Crippen LogP contribution in [0.1, 0.15) is 19.8 Å². The molecular weight excluding hydrogens is 271 g/mol. The quantitative estimate of drug-likeness (QED) is 0.634. The van der Waals surface area contributed by atoms with Gasteiger partial charge in [-0.15, -0.1) is 0 Å². The third-order valence-electron chi connectivity index (χ3n) is 2.94. The predicted molar refractivity (Wildman–Crippen MR) is 74.5 cm³/mol. The molecule has 0 aliphatic heterocycles. The van der Waals surface area contributed by atoms with E-state index in [9.17, 15) is 9.18 Å². The van der Waals surface area contributed by atoms with E-state index in [1.807, 2.05) is 0 Å². The summed E-state index contributed by atoms with van der Waals surface area (Å²) < 4.78 is 13.9. The van der Waals surface area contributed by atoms with Crippen molar-refractivity contribution in [2.24, 2.45) is 0 Å². The fourth-order valence-corrected chi connectivity index (χ4v) is 1.80. The smallest absolute Gasteiger partial charge is 0.242 e. The minimum absolute atomic E-state index is 0.00218. The van der Waals surface area contributed by atoms with Gasteiger partial charge < -0.3 is 22.1 Å². The molecule has 19 heavy (non-hydrogen) atoms. The zero-order valence-electron chi connectivity index (χ0n) is 10.5. The topological polar surface area (TPSA) is 93.2 Å². The van der Waals surface area contributed by atoms with Crippen LogP contribution in [0.2, 0.25) is 5.02 Å². The number of carbonyl (C=O) groups is 1. The Morgan fingerprint density at radius 3 is 2.68 bits per heavy atom. The lowest BCUT2D eigenvalue weighted by Crippen LogP contribution is -2.39. The lowest BCUT2D eigenvalue weighted by molar-refractivity contribution is -0.121. The molecule has 1 aliphatic rings. The maximum absolute atomic E-state index is 13.9. The van der Waals surface area contributed by atoms with E-state index < -0.39 is 11.9 Å². The fourth-order valence-electron chi connectivity index (χ4n) is 1.65. The van der Waals surface area contributed by atoms with Gasteiger partial charge in [-0.3, -0.25) is 4.79 Å². The van der Waals surface area contributed by atoms with Gasteiger partial charge in [-0.25, -0.2) is 4.39 Å². The lowest BCUT2D eigenvalue weighted by Gasteiger charge is -2.18. The van der Waals surface area contributed by atoms with E-state index in [0.717, 1.165) is 12.8 Å². The zero-order chi connectivity index (χ0) is 14.2. The predicted octanol–water partition coefficient (Wildman–Crippen LogP) is 1.72. The molecule has 5 nitrogen and oxygen atoms in total. The highest BCUT2D eigenvalue weighted by Crippen LogP contribution is 2.34. The van der Waals surface area contributed by atoms with E-state index in [-0.39, 0.29) is 34.0 Å². The molecule has 0 radical (unpaired) electrons. The van der Waals surface area contributed by atoms with Crippen molar-refractivity contribution in [3.8, 4) is 0 Å². The summed E-state index contributed by atoms with van der Waals surface area (Å²) in [6, 6.07) is 0.991. The Labute approximate surface area is 115 Å². The summed E-state index contributed by atoms with van der Waals surface area (Å²) in [7, 11) is 0. The van der Waals surface area contributed by atoms with E-state index in [0.29, 0.717) is 0 Å². The highest BCUT2D eigenvalue weighted by Gasteiger charge is 2.26. The molecule has 0 heterocycles. The summed E-state index contributed by atoms with van der Waals surface area (Å²) in [6.07, 6.45) is 1.98. The molecule has 1 unspecified atom stereocenters. The average molecular weight is 287 g/mol. The van der Waals surface area contributed by atoms with Crippen molar-refractivity contribution in [1.29, 1.82) is 0 Å². The molecule has 0 saturated heterocycles. The van der Waals surface area contributed by atoms with Crippen LogP contribution in [0.15, 0.2) is 6.07 Å². The van der Waals surface area contributed by atoms with Crippen molar-refractivity contribution in [3.05, 3.63) is 16.9 Å². The number of hydrogen-bond donors (Lipinski definition) is 4. The molecule has 1 saturated carbocycles. The SMILES string of the molecule is CC(Nc1c(N)cc(N)c(Cl)c1F)C(=O)NC1CC1. The molecule has 1 fully saturated rings. The number of nitrogen functional groups attached to an aromatic ring is 2. The van der Waals surface area contributed by atoms with Gasteiger partial charge in [0.05, 0.1) is 17.1 Å². The Hall–Kier alpha value is -1.69. The van der Waals surface area contributed by atoms with Gasteiger partial charge in [-0.2, -0.15) is 0 Å². The molecule has 0 aromatic heterocycles. The number of amides is 1. The fraction of sp³-hybridized carbons (Fsp3) is 0.417. The minimum Gasteiger partial charge on any atom is -0.397 e. The molecule has 1 aromatic carbocycles. The van der Waals surface area contributed by atoms with Crippen LogP contribution < -0.4 is 22.1 Å². The maximum Gasteiger partial charge on any atom is 0.242 e. The Bertz CT molecular complexity index is 519.